The number of amides is 1. The zero-order valence-corrected chi connectivity index (χ0v) is 14.6. The second-order valence-electron chi connectivity index (χ2n) is 6.24. The molecule has 1 aromatic heterocycles. The lowest BCUT2D eigenvalue weighted by molar-refractivity contribution is 0.0983. The Bertz CT molecular complexity index is 738. The van der Waals surface area contributed by atoms with Crippen LogP contribution in [0.5, 0.6) is 0 Å². The molecule has 0 N–H and O–H groups in total. The summed E-state index contributed by atoms with van der Waals surface area (Å²) in [7, 11) is 0. The Kier molecular flexibility index (Phi) is 4.79. The molecule has 2 heterocycles. The monoisotopic (exact) mass is 324 g/mol. The van der Waals surface area contributed by atoms with Crippen molar-refractivity contribution in [3.8, 4) is 0 Å². The first-order valence-corrected chi connectivity index (χ1v) is 8.57. The van der Waals surface area contributed by atoms with Gasteiger partial charge >= 0.3 is 0 Å². The van der Waals surface area contributed by atoms with Gasteiger partial charge in [-0.3, -0.25) is 4.79 Å². The smallest absolute Gasteiger partial charge is 0.277 e. The van der Waals surface area contributed by atoms with Crippen LogP contribution in [0, 0.1) is 13.8 Å². The summed E-state index contributed by atoms with van der Waals surface area (Å²) in [6.07, 6.45) is 2.35. The first-order chi connectivity index (χ1) is 11.6. The highest BCUT2D eigenvalue weighted by molar-refractivity contribution is 6.05. The van der Waals surface area contributed by atoms with Gasteiger partial charge in [0.25, 0.3) is 5.91 Å². The summed E-state index contributed by atoms with van der Waals surface area (Å²) in [4.78, 5) is 25.9. The van der Waals surface area contributed by atoms with E-state index in [1.165, 1.54) is 12.8 Å². The number of hydrogen-bond donors (Lipinski definition) is 0. The maximum Gasteiger partial charge on any atom is 0.277 e. The van der Waals surface area contributed by atoms with Gasteiger partial charge in [0.1, 0.15) is 17.3 Å². The molecule has 1 amide bonds. The van der Waals surface area contributed by atoms with Crippen LogP contribution in [0.4, 0.5) is 11.5 Å². The fraction of sp³-hybridized carbons (Fsp3) is 0.421. The van der Waals surface area contributed by atoms with Crippen molar-refractivity contribution >= 4 is 17.4 Å². The van der Waals surface area contributed by atoms with Gasteiger partial charge in [0.15, 0.2) is 0 Å². The third kappa shape index (κ3) is 3.40. The molecule has 1 saturated heterocycles. The lowest BCUT2D eigenvalue weighted by atomic mass is 10.2. The molecule has 1 aromatic carbocycles. The lowest BCUT2D eigenvalue weighted by Gasteiger charge is -2.22. The van der Waals surface area contributed by atoms with Gasteiger partial charge in [-0.2, -0.15) is 0 Å². The van der Waals surface area contributed by atoms with Crippen molar-refractivity contribution in [1.82, 2.24) is 9.97 Å². The van der Waals surface area contributed by atoms with E-state index in [4.69, 9.17) is 0 Å². The number of hydrogen-bond acceptors (Lipinski definition) is 4. The number of nitrogens with zero attached hydrogens (tertiary/aromatic N) is 4. The second-order valence-corrected chi connectivity index (χ2v) is 6.24. The highest BCUT2D eigenvalue weighted by Gasteiger charge is 2.21. The first kappa shape index (κ1) is 16.4. The van der Waals surface area contributed by atoms with E-state index in [0.717, 1.165) is 30.2 Å². The molecule has 0 atom stereocenters. The summed E-state index contributed by atoms with van der Waals surface area (Å²) in [5.41, 5.74) is 2.50. The topological polar surface area (TPSA) is 49.3 Å². The minimum Gasteiger partial charge on any atom is -0.356 e. The van der Waals surface area contributed by atoms with Crippen LogP contribution in [0.3, 0.4) is 0 Å². The fourth-order valence-electron chi connectivity index (χ4n) is 3.15. The minimum atomic E-state index is -0.0750. The molecule has 3 rings (SSSR count). The number of anilines is 2. The highest BCUT2D eigenvalue weighted by atomic mass is 16.2. The van der Waals surface area contributed by atoms with Crippen molar-refractivity contribution in [2.24, 2.45) is 0 Å². The quantitative estimate of drug-likeness (QED) is 0.865. The summed E-state index contributed by atoms with van der Waals surface area (Å²) < 4.78 is 0. The molecule has 0 radical (unpaired) electrons. The van der Waals surface area contributed by atoms with Crippen LogP contribution in [0.25, 0.3) is 0 Å². The van der Waals surface area contributed by atoms with Crippen molar-refractivity contribution in [2.45, 2.75) is 33.6 Å². The summed E-state index contributed by atoms with van der Waals surface area (Å²) in [5.74, 6) is 1.43. The molecule has 0 saturated carbocycles. The van der Waals surface area contributed by atoms with E-state index in [0.29, 0.717) is 18.1 Å². The second kappa shape index (κ2) is 6.99. The molecule has 5 heteroatoms. The Morgan fingerprint density at radius 3 is 2.58 bits per heavy atom. The number of rotatable bonds is 4. The largest absolute Gasteiger partial charge is 0.356 e. The molecule has 0 spiro atoms. The first-order valence-electron chi connectivity index (χ1n) is 8.57. The number of benzene rings is 1. The van der Waals surface area contributed by atoms with Crippen molar-refractivity contribution < 1.29 is 4.79 Å². The standard InChI is InChI=1S/C19H24N4O/c1-4-23(16-9-7-8-14(2)12-16)19(24)17-13-18(21-15(3)20-17)22-10-5-6-11-22/h7-9,12-13H,4-6,10-11H2,1-3H3. The van der Waals surface area contributed by atoms with Gasteiger partial charge < -0.3 is 9.80 Å². The average Bonchev–Trinajstić information content (AvgIpc) is 3.09. The molecule has 1 fully saturated rings. The van der Waals surface area contributed by atoms with E-state index in [-0.39, 0.29) is 5.91 Å². The summed E-state index contributed by atoms with van der Waals surface area (Å²) in [6, 6.07) is 9.82. The summed E-state index contributed by atoms with van der Waals surface area (Å²) in [5, 5.41) is 0. The average molecular weight is 324 g/mol. The lowest BCUT2D eigenvalue weighted by Crippen LogP contribution is -2.32. The summed E-state index contributed by atoms with van der Waals surface area (Å²) in [6.45, 7) is 8.46. The zero-order chi connectivity index (χ0) is 17.1. The molecule has 0 bridgehead atoms. The molecule has 5 nitrogen and oxygen atoms in total. The van der Waals surface area contributed by atoms with E-state index in [1.807, 2.05) is 51.1 Å². The third-order valence-corrected chi connectivity index (χ3v) is 4.35. The number of aromatic nitrogens is 2. The van der Waals surface area contributed by atoms with E-state index >= 15 is 0 Å². The van der Waals surface area contributed by atoms with Crippen LogP contribution in [-0.2, 0) is 0 Å². The molecular weight excluding hydrogens is 300 g/mol. The van der Waals surface area contributed by atoms with Crippen LogP contribution >= 0.6 is 0 Å². The van der Waals surface area contributed by atoms with Gasteiger partial charge in [0, 0.05) is 31.4 Å². The van der Waals surface area contributed by atoms with Crippen LogP contribution in [0.1, 0.15) is 41.6 Å². The van der Waals surface area contributed by atoms with Gasteiger partial charge in [-0.1, -0.05) is 12.1 Å². The molecule has 2 aromatic rings. The van der Waals surface area contributed by atoms with Gasteiger partial charge in [-0.05, 0) is 51.3 Å². The van der Waals surface area contributed by atoms with E-state index in [9.17, 15) is 4.79 Å². The van der Waals surface area contributed by atoms with Crippen molar-refractivity contribution in [3.63, 3.8) is 0 Å². The van der Waals surface area contributed by atoms with Gasteiger partial charge in [0.05, 0.1) is 0 Å². The van der Waals surface area contributed by atoms with Gasteiger partial charge in [0.2, 0.25) is 0 Å². The predicted octanol–water partition coefficient (Wildman–Crippen LogP) is 3.36. The van der Waals surface area contributed by atoms with Gasteiger partial charge in [-0.15, -0.1) is 0 Å². The number of aryl methyl sites for hydroxylation is 2. The fourth-order valence-corrected chi connectivity index (χ4v) is 3.15. The zero-order valence-electron chi connectivity index (χ0n) is 14.6. The Balaban J connectivity index is 1.93. The summed E-state index contributed by atoms with van der Waals surface area (Å²) >= 11 is 0. The molecule has 0 unspecified atom stereocenters. The number of carbonyl (C=O) groups is 1. The van der Waals surface area contributed by atoms with E-state index in [1.54, 1.807) is 4.90 Å². The Hall–Kier alpha value is -2.43. The maximum atomic E-state index is 13.0. The maximum absolute atomic E-state index is 13.0. The number of carbonyl (C=O) groups excluding carboxylic acids is 1. The van der Waals surface area contributed by atoms with E-state index < -0.39 is 0 Å². The Labute approximate surface area is 143 Å². The molecule has 1 aliphatic rings. The highest BCUT2D eigenvalue weighted by Crippen LogP contribution is 2.22. The molecule has 0 aliphatic carbocycles. The Morgan fingerprint density at radius 1 is 1.17 bits per heavy atom. The van der Waals surface area contributed by atoms with Crippen LogP contribution in [0.2, 0.25) is 0 Å². The predicted molar refractivity (Wildman–Crippen MR) is 96.7 cm³/mol. The van der Waals surface area contributed by atoms with E-state index in [2.05, 4.69) is 14.9 Å². The van der Waals surface area contributed by atoms with Crippen LogP contribution < -0.4 is 9.80 Å². The SMILES string of the molecule is CCN(C(=O)c1cc(N2CCCC2)nc(C)n1)c1cccc(C)c1. The molecule has 126 valence electrons. The third-order valence-electron chi connectivity index (χ3n) is 4.35. The molecule has 24 heavy (non-hydrogen) atoms. The Morgan fingerprint density at radius 2 is 1.92 bits per heavy atom. The molecule has 1 aliphatic heterocycles. The molecular formula is C19H24N4O. The minimum absolute atomic E-state index is 0.0750. The normalized spacial score (nSPS) is 14.0. The van der Waals surface area contributed by atoms with Gasteiger partial charge in [-0.25, -0.2) is 9.97 Å². The van der Waals surface area contributed by atoms with Crippen LogP contribution in [-0.4, -0.2) is 35.5 Å². The van der Waals surface area contributed by atoms with Crippen molar-refractivity contribution in [2.75, 3.05) is 29.4 Å². The van der Waals surface area contributed by atoms with Crippen molar-refractivity contribution in [1.29, 1.82) is 0 Å². The van der Waals surface area contributed by atoms with Crippen LogP contribution in [0.15, 0.2) is 30.3 Å². The van der Waals surface area contributed by atoms with Crippen molar-refractivity contribution in [3.05, 3.63) is 47.4 Å².